The first-order chi connectivity index (χ1) is 8.43. The molecule has 0 amide bonds. The molecule has 0 unspecified atom stereocenters. The Morgan fingerprint density at radius 3 is 2.88 bits per heavy atom. The fraction of sp³-hybridized carbons (Fsp3) is 0.364. The molecule has 0 spiro atoms. The summed E-state index contributed by atoms with van der Waals surface area (Å²) >= 11 is 0. The molecule has 6 nitrogen and oxygen atoms in total. The van der Waals surface area contributed by atoms with Gasteiger partial charge in [0.2, 0.25) is 0 Å². The Kier molecular flexibility index (Phi) is 2.71. The molecule has 0 atom stereocenters. The normalized spacial score (nSPS) is 16.1. The van der Waals surface area contributed by atoms with Crippen LogP contribution in [0.1, 0.15) is 0 Å². The lowest BCUT2D eigenvalue weighted by atomic mass is 10.3. The summed E-state index contributed by atoms with van der Waals surface area (Å²) in [6.45, 7) is 3.91. The molecule has 2 aromatic heterocycles. The number of hydrogen-bond acceptors (Lipinski definition) is 5. The van der Waals surface area contributed by atoms with Gasteiger partial charge in [-0.25, -0.2) is 4.98 Å². The number of aromatic amines is 1. The monoisotopic (exact) mass is 230 g/mol. The minimum absolute atomic E-state index is 0.669. The van der Waals surface area contributed by atoms with E-state index in [1.54, 1.807) is 6.20 Å². The number of H-pyrrole nitrogens is 1. The third-order valence-electron chi connectivity index (χ3n) is 2.84. The van der Waals surface area contributed by atoms with Crippen LogP contribution in [0.25, 0.3) is 11.4 Å². The van der Waals surface area contributed by atoms with Gasteiger partial charge in [-0.3, -0.25) is 0 Å². The SMILES string of the molecule is c1cc(-c2nncc(N3CCNCC3)n2)c[nH]1. The smallest absolute Gasteiger partial charge is 0.185 e. The average molecular weight is 230 g/mol. The summed E-state index contributed by atoms with van der Waals surface area (Å²) in [5.41, 5.74) is 0.967. The van der Waals surface area contributed by atoms with Gasteiger partial charge in [0.05, 0.1) is 6.20 Å². The van der Waals surface area contributed by atoms with Gasteiger partial charge in [-0.1, -0.05) is 0 Å². The highest BCUT2D eigenvalue weighted by Gasteiger charge is 2.13. The minimum atomic E-state index is 0.669. The van der Waals surface area contributed by atoms with E-state index in [1.165, 1.54) is 0 Å². The fourth-order valence-electron chi connectivity index (χ4n) is 1.93. The molecule has 1 aliphatic heterocycles. The van der Waals surface area contributed by atoms with E-state index in [2.05, 4.69) is 30.4 Å². The van der Waals surface area contributed by atoms with Crippen molar-refractivity contribution in [1.82, 2.24) is 25.5 Å². The highest BCUT2D eigenvalue weighted by Crippen LogP contribution is 2.16. The van der Waals surface area contributed by atoms with Gasteiger partial charge >= 0.3 is 0 Å². The van der Waals surface area contributed by atoms with Gasteiger partial charge in [-0.15, -0.1) is 5.10 Å². The lowest BCUT2D eigenvalue weighted by Gasteiger charge is -2.27. The van der Waals surface area contributed by atoms with Crippen LogP contribution < -0.4 is 10.2 Å². The maximum atomic E-state index is 4.54. The second-order valence-corrected chi connectivity index (χ2v) is 3.97. The number of rotatable bonds is 2. The van der Waals surface area contributed by atoms with E-state index in [0.717, 1.165) is 37.6 Å². The van der Waals surface area contributed by atoms with Crippen molar-refractivity contribution in [3.63, 3.8) is 0 Å². The number of nitrogens with one attached hydrogen (secondary N) is 2. The maximum Gasteiger partial charge on any atom is 0.185 e. The summed E-state index contributed by atoms with van der Waals surface area (Å²) in [6, 6.07) is 1.94. The summed E-state index contributed by atoms with van der Waals surface area (Å²) < 4.78 is 0. The molecule has 1 saturated heterocycles. The zero-order valence-electron chi connectivity index (χ0n) is 9.43. The first-order valence-corrected chi connectivity index (χ1v) is 5.72. The van der Waals surface area contributed by atoms with Crippen LogP contribution in [0.3, 0.4) is 0 Å². The molecule has 0 radical (unpaired) electrons. The van der Waals surface area contributed by atoms with E-state index in [9.17, 15) is 0 Å². The molecule has 0 saturated carbocycles. The Labute approximate surface area is 99.1 Å². The topological polar surface area (TPSA) is 69.7 Å². The predicted octanol–water partition coefficient (Wildman–Crippen LogP) is 0.276. The number of piperazine rings is 1. The lowest BCUT2D eigenvalue weighted by Crippen LogP contribution is -2.44. The molecule has 1 fully saturated rings. The van der Waals surface area contributed by atoms with Crippen molar-refractivity contribution in [1.29, 1.82) is 0 Å². The van der Waals surface area contributed by atoms with Crippen molar-refractivity contribution >= 4 is 5.82 Å². The van der Waals surface area contributed by atoms with Crippen molar-refractivity contribution in [2.24, 2.45) is 0 Å². The maximum absolute atomic E-state index is 4.54. The van der Waals surface area contributed by atoms with Crippen LogP contribution in [0, 0.1) is 0 Å². The molecule has 3 heterocycles. The molecule has 2 aromatic rings. The quantitative estimate of drug-likeness (QED) is 0.775. The van der Waals surface area contributed by atoms with Gasteiger partial charge < -0.3 is 15.2 Å². The van der Waals surface area contributed by atoms with Gasteiger partial charge in [0, 0.05) is 44.1 Å². The molecule has 3 rings (SSSR count). The van der Waals surface area contributed by atoms with Crippen LogP contribution in [0.15, 0.2) is 24.7 Å². The van der Waals surface area contributed by atoms with E-state index in [-0.39, 0.29) is 0 Å². The molecular formula is C11H14N6. The summed E-state index contributed by atoms with van der Waals surface area (Å²) in [5.74, 6) is 1.57. The number of aromatic nitrogens is 4. The van der Waals surface area contributed by atoms with Crippen LogP contribution >= 0.6 is 0 Å². The van der Waals surface area contributed by atoms with E-state index in [4.69, 9.17) is 0 Å². The molecule has 0 aromatic carbocycles. The second kappa shape index (κ2) is 4.50. The molecule has 88 valence electrons. The summed E-state index contributed by atoms with van der Waals surface area (Å²) in [7, 11) is 0. The van der Waals surface area contributed by atoms with Crippen LogP contribution in [0.2, 0.25) is 0 Å². The Hall–Kier alpha value is -1.95. The van der Waals surface area contributed by atoms with Gasteiger partial charge in [0.15, 0.2) is 11.6 Å². The van der Waals surface area contributed by atoms with E-state index in [0.29, 0.717) is 5.82 Å². The predicted molar refractivity (Wildman–Crippen MR) is 64.7 cm³/mol. The van der Waals surface area contributed by atoms with Crippen molar-refractivity contribution in [3.05, 3.63) is 24.7 Å². The highest BCUT2D eigenvalue weighted by molar-refractivity contribution is 5.55. The Morgan fingerprint density at radius 2 is 2.12 bits per heavy atom. The molecule has 2 N–H and O–H groups in total. The van der Waals surface area contributed by atoms with Crippen molar-refractivity contribution in [3.8, 4) is 11.4 Å². The third-order valence-corrected chi connectivity index (χ3v) is 2.84. The molecule has 17 heavy (non-hydrogen) atoms. The molecule has 0 aliphatic carbocycles. The Bertz CT molecular complexity index is 474. The summed E-state index contributed by atoms with van der Waals surface area (Å²) in [5, 5.41) is 11.4. The Morgan fingerprint density at radius 1 is 1.24 bits per heavy atom. The van der Waals surface area contributed by atoms with Gasteiger partial charge in [0.1, 0.15) is 0 Å². The Balaban J connectivity index is 1.88. The first kappa shape index (κ1) is 10.2. The second-order valence-electron chi connectivity index (χ2n) is 3.97. The summed E-state index contributed by atoms with van der Waals surface area (Å²) in [4.78, 5) is 9.76. The van der Waals surface area contributed by atoms with Crippen LogP contribution in [-0.2, 0) is 0 Å². The number of anilines is 1. The van der Waals surface area contributed by atoms with Crippen LogP contribution in [-0.4, -0.2) is 46.3 Å². The van der Waals surface area contributed by atoms with Gasteiger partial charge in [0.25, 0.3) is 0 Å². The van der Waals surface area contributed by atoms with Gasteiger partial charge in [-0.05, 0) is 6.07 Å². The fourth-order valence-corrected chi connectivity index (χ4v) is 1.93. The van der Waals surface area contributed by atoms with Crippen LogP contribution in [0.4, 0.5) is 5.82 Å². The van der Waals surface area contributed by atoms with Crippen molar-refractivity contribution in [2.45, 2.75) is 0 Å². The third kappa shape index (κ3) is 2.12. The average Bonchev–Trinajstić information content (AvgIpc) is 2.94. The van der Waals surface area contributed by atoms with E-state index >= 15 is 0 Å². The summed E-state index contributed by atoms with van der Waals surface area (Å²) in [6.07, 6.45) is 5.45. The van der Waals surface area contributed by atoms with Crippen molar-refractivity contribution in [2.75, 3.05) is 31.1 Å². The standard InChI is InChI=1S/C11H14N6/c1-2-13-7-9(1)11-15-10(8-14-16-11)17-5-3-12-4-6-17/h1-2,7-8,12-13H,3-6H2. The molecule has 1 aliphatic rings. The van der Waals surface area contributed by atoms with Crippen molar-refractivity contribution < 1.29 is 0 Å². The van der Waals surface area contributed by atoms with Gasteiger partial charge in [-0.2, -0.15) is 5.10 Å². The zero-order chi connectivity index (χ0) is 11.5. The largest absolute Gasteiger partial charge is 0.367 e. The molecule has 6 heteroatoms. The number of hydrogen-bond donors (Lipinski definition) is 2. The van der Waals surface area contributed by atoms with Crippen LogP contribution in [0.5, 0.6) is 0 Å². The molecule has 0 bridgehead atoms. The zero-order valence-corrected chi connectivity index (χ0v) is 9.43. The van der Waals surface area contributed by atoms with E-state index in [1.807, 2.05) is 18.5 Å². The first-order valence-electron chi connectivity index (χ1n) is 5.72. The highest BCUT2D eigenvalue weighted by atomic mass is 15.3. The van der Waals surface area contributed by atoms with E-state index < -0.39 is 0 Å². The minimum Gasteiger partial charge on any atom is -0.367 e. The lowest BCUT2D eigenvalue weighted by molar-refractivity contribution is 0.583. The molecular weight excluding hydrogens is 216 g/mol. The number of nitrogens with zero attached hydrogens (tertiary/aromatic N) is 4.